The molecule has 20 heavy (non-hydrogen) atoms. The molecule has 2 aromatic rings. The van der Waals surface area contributed by atoms with Crippen LogP contribution >= 0.6 is 23.4 Å². The molecular formula is C15H15ClN2OS. The summed E-state index contributed by atoms with van der Waals surface area (Å²) < 4.78 is 0. The van der Waals surface area contributed by atoms with Gasteiger partial charge in [-0.2, -0.15) is 0 Å². The fraction of sp³-hybridized carbons (Fsp3) is 0.133. The lowest BCUT2D eigenvalue weighted by Crippen LogP contribution is -2.15. The smallest absolute Gasteiger partial charge is 0.234 e. The summed E-state index contributed by atoms with van der Waals surface area (Å²) in [7, 11) is 0. The maximum Gasteiger partial charge on any atom is 0.234 e. The van der Waals surface area contributed by atoms with Crippen LogP contribution in [0.5, 0.6) is 0 Å². The zero-order valence-electron chi connectivity index (χ0n) is 11.0. The first-order chi connectivity index (χ1) is 9.58. The average molecular weight is 307 g/mol. The molecule has 3 nitrogen and oxygen atoms in total. The minimum Gasteiger partial charge on any atom is -0.398 e. The highest BCUT2D eigenvalue weighted by Gasteiger charge is 2.08. The highest BCUT2D eigenvalue weighted by molar-refractivity contribution is 8.00. The Morgan fingerprint density at radius 3 is 2.75 bits per heavy atom. The van der Waals surface area contributed by atoms with E-state index in [4.69, 9.17) is 17.3 Å². The highest BCUT2D eigenvalue weighted by Crippen LogP contribution is 2.27. The van der Waals surface area contributed by atoms with E-state index >= 15 is 0 Å². The van der Waals surface area contributed by atoms with E-state index in [-0.39, 0.29) is 5.91 Å². The van der Waals surface area contributed by atoms with Crippen molar-refractivity contribution in [3.63, 3.8) is 0 Å². The van der Waals surface area contributed by atoms with Gasteiger partial charge in [0.15, 0.2) is 0 Å². The van der Waals surface area contributed by atoms with Gasteiger partial charge >= 0.3 is 0 Å². The molecule has 1 amide bonds. The van der Waals surface area contributed by atoms with Crippen LogP contribution in [0.4, 0.5) is 11.4 Å². The van der Waals surface area contributed by atoms with Crippen molar-refractivity contribution in [2.45, 2.75) is 11.8 Å². The Labute approximate surface area is 127 Å². The van der Waals surface area contributed by atoms with E-state index in [1.165, 1.54) is 11.8 Å². The van der Waals surface area contributed by atoms with Crippen LogP contribution in [0.3, 0.4) is 0 Å². The third-order valence-electron chi connectivity index (χ3n) is 2.85. The molecule has 0 atom stereocenters. The Hall–Kier alpha value is -1.65. The first-order valence-electron chi connectivity index (χ1n) is 6.10. The topological polar surface area (TPSA) is 55.1 Å². The Balaban J connectivity index is 1.96. The fourth-order valence-corrected chi connectivity index (χ4v) is 2.72. The molecule has 104 valence electrons. The van der Waals surface area contributed by atoms with Crippen molar-refractivity contribution in [1.29, 1.82) is 0 Å². The van der Waals surface area contributed by atoms with E-state index in [1.54, 1.807) is 0 Å². The van der Waals surface area contributed by atoms with Gasteiger partial charge in [-0.15, -0.1) is 11.8 Å². The van der Waals surface area contributed by atoms with Crippen molar-refractivity contribution < 1.29 is 4.79 Å². The summed E-state index contributed by atoms with van der Waals surface area (Å²) in [5.41, 5.74) is 8.10. The van der Waals surface area contributed by atoms with Gasteiger partial charge in [0, 0.05) is 16.3 Å². The van der Waals surface area contributed by atoms with E-state index in [2.05, 4.69) is 5.32 Å². The zero-order valence-corrected chi connectivity index (χ0v) is 12.6. The van der Waals surface area contributed by atoms with Gasteiger partial charge in [0.1, 0.15) is 0 Å². The average Bonchev–Trinajstić information content (AvgIpc) is 2.43. The summed E-state index contributed by atoms with van der Waals surface area (Å²) in [6.45, 7) is 1.88. The molecule has 0 heterocycles. The number of benzene rings is 2. The summed E-state index contributed by atoms with van der Waals surface area (Å²) in [5, 5.41) is 3.52. The van der Waals surface area contributed by atoms with E-state index < -0.39 is 0 Å². The lowest BCUT2D eigenvalue weighted by molar-refractivity contribution is -0.113. The Kier molecular flexibility index (Phi) is 4.93. The third kappa shape index (κ3) is 3.68. The number of nitrogen functional groups attached to an aromatic ring is 1. The minimum atomic E-state index is -0.0800. The monoisotopic (exact) mass is 306 g/mol. The van der Waals surface area contributed by atoms with E-state index in [0.717, 1.165) is 16.1 Å². The second-order valence-corrected chi connectivity index (χ2v) is 5.71. The van der Waals surface area contributed by atoms with Gasteiger partial charge in [-0.05, 0) is 36.8 Å². The number of rotatable bonds is 4. The Bertz CT molecular complexity index is 631. The number of nitrogens with two attached hydrogens (primary N) is 1. The number of thioether (sulfide) groups is 1. The number of hydrogen-bond donors (Lipinski definition) is 2. The standard InChI is InChI=1S/C15H15ClN2OS/c1-10-12(17)6-4-7-13(10)18-15(19)9-20-14-8-3-2-5-11(14)16/h2-8H,9,17H2,1H3,(H,18,19). The third-order valence-corrected chi connectivity index (χ3v) is 4.36. The molecule has 0 aromatic heterocycles. The second-order valence-electron chi connectivity index (χ2n) is 4.29. The fourth-order valence-electron chi connectivity index (χ4n) is 1.68. The maximum atomic E-state index is 11.9. The van der Waals surface area contributed by atoms with Gasteiger partial charge in [0.05, 0.1) is 10.8 Å². The normalized spacial score (nSPS) is 10.3. The zero-order chi connectivity index (χ0) is 14.5. The van der Waals surface area contributed by atoms with Crippen molar-refractivity contribution in [2.75, 3.05) is 16.8 Å². The van der Waals surface area contributed by atoms with Crippen molar-refractivity contribution in [3.8, 4) is 0 Å². The van der Waals surface area contributed by atoms with Gasteiger partial charge in [-0.3, -0.25) is 4.79 Å². The summed E-state index contributed by atoms with van der Waals surface area (Å²) in [6, 6.07) is 12.9. The van der Waals surface area contributed by atoms with Gasteiger partial charge in [-0.1, -0.05) is 29.8 Å². The molecule has 0 aliphatic rings. The molecule has 0 aliphatic carbocycles. The van der Waals surface area contributed by atoms with Crippen LogP contribution in [-0.4, -0.2) is 11.7 Å². The molecule has 0 spiro atoms. The summed E-state index contributed by atoms with van der Waals surface area (Å²) in [5.74, 6) is 0.224. The lowest BCUT2D eigenvalue weighted by Gasteiger charge is -2.10. The van der Waals surface area contributed by atoms with Gasteiger partial charge in [0.2, 0.25) is 5.91 Å². The van der Waals surface area contributed by atoms with Gasteiger partial charge < -0.3 is 11.1 Å². The maximum absolute atomic E-state index is 11.9. The number of hydrogen-bond acceptors (Lipinski definition) is 3. The van der Waals surface area contributed by atoms with Gasteiger partial charge in [-0.25, -0.2) is 0 Å². The van der Waals surface area contributed by atoms with E-state index in [9.17, 15) is 4.79 Å². The summed E-state index contributed by atoms with van der Waals surface area (Å²) >= 11 is 7.45. The first-order valence-corrected chi connectivity index (χ1v) is 7.46. The highest BCUT2D eigenvalue weighted by atomic mass is 35.5. The molecule has 0 aliphatic heterocycles. The molecule has 3 N–H and O–H groups in total. The Morgan fingerprint density at radius 2 is 2.00 bits per heavy atom. The summed E-state index contributed by atoms with van der Waals surface area (Å²) in [6.07, 6.45) is 0. The molecule has 0 saturated heterocycles. The molecule has 0 saturated carbocycles. The quantitative estimate of drug-likeness (QED) is 0.664. The molecule has 0 radical (unpaired) electrons. The molecular weight excluding hydrogens is 292 g/mol. The van der Waals surface area contributed by atoms with Crippen LogP contribution in [-0.2, 0) is 4.79 Å². The number of carbonyl (C=O) groups is 1. The van der Waals surface area contributed by atoms with Crippen LogP contribution in [0.1, 0.15) is 5.56 Å². The van der Waals surface area contributed by atoms with Gasteiger partial charge in [0.25, 0.3) is 0 Å². The van der Waals surface area contributed by atoms with Crippen molar-refractivity contribution in [1.82, 2.24) is 0 Å². The van der Waals surface area contributed by atoms with Crippen molar-refractivity contribution >= 4 is 40.6 Å². The summed E-state index contributed by atoms with van der Waals surface area (Å²) in [4.78, 5) is 12.8. The largest absolute Gasteiger partial charge is 0.398 e. The lowest BCUT2D eigenvalue weighted by atomic mass is 10.1. The predicted molar refractivity (Wildman–Crippen MR) is 86.4 cm³/mol. The van der Waals surface area contributed by atoms with Crippen LogP contribution in [0.2, 0.25) is 5.02 Å². The van der Waals surface area contributed by atoms with Crippen molar-refractivity contribution in [3.05, 3.63) is 53.1 Å². The second kappa shape index (κ2) is 6.68. The molecule has 2 rings (SSSR count). The molecule has 0 fully saturated rings. The van der Waals surface area contributed by atoms with Crippen LogP contribution in [0.15, 0.2) is 47.4 Å². The predicted octanol–water partition coefficient (Wildman–Crippen LogP) is 3.96. The minimum absolute atomic E-state index is 0.0800. The number of halogens is 1. The number of nitrogens with one attached hydrogen (secondary N) is 1. The number of amides is 1. The molecule has 5 heteroatoms. The number of anilines is 2. The van der Waals surface area contributed by atoms with Crippen LogP contribution in [0, 0.1) is 6.92 Å². The Morgan fingerprint density at radius 1 is 1.25 bits per heavy atom. The SMILES string of the molecule is Cc1c(N)cccc1NC(=O)CSc1ccccc1Cl. The van der Waals surface area contributed by atoms with E-state index in [0.29, 0.717) is 16.5 Å². The van der Waals surface area contributed by atoms with Crippen LogP contribution in [0.25, 0.3) is 0 Å². The first kappa shape index (κ1) is 14.8. The molecule has 2 aromatic carbocycles. The van der Waals surface area contributed by atoms with Crippen LogP contribution < -0.4 is 11.1 Å². The molecule has 0 unspecified atom stereocenters. The van der Waals surface area contributed by atoms with E-state index in [1.807, 2.05) is 49.4 Å². The molecule has 0 bridgehead atoms. The van der Waals surface area contributed by atoms with Crippen molar-refractivity contribution in [2.24, 2.45) is 0 Å². The number of carbonyl (C=O) groups excluding carboxylic acids is 1.